The smallest absolute Gasteiger partial charge is 0.274 e. The van der Waals surface area contributed by atoms with E-state index in [0.29, 0.717) is 18.6 Å². The molecule has 0 bridgehead atoms. The van der Waals surface area contributed by atoms with Crippen molar-refractivity contribution in [2.45, 2.75) is 38.3 Å². The van der Waals surface area contributed by atoms with Crippen LogP contribution in [0.5, 0.6) is 0 Å². The second-order valence-corrected chi connectivity index (χ2v) is 5.81. The molecule has 1 unspecified atom stereocenters. The number of carbonyl (C=O) groups excluding carboxylic acids is 1. The van der Waals surface area contributed by atoms with Crippen LogP contribution in [0.3, 0.4) is 0 Å². The number of hydrogen-bond donors (Lipinski definition) is 1. The van der Waals surface area contributed by atoms with Crippen LogP contribution in [-0.4, -0.2) is 38.7 Å². The molecule has 2 aromatic rings. The number of amides is 1. The summed E-state index contributed by atoms with van der Waals surface area (Å²) in [5.41, 5.74) is 7.26. The molecule has 5 nitrogen and oxygen atoms in total. The third kappa shape index (κ3) is 2.68. The van der Waals surface area contributed by atoms with Gasteiger partial charge in [-0.25, -0.2) is 13.8 Å². The summed E-state index contributed by atoms with van der Waals surface area (Å²) in [6, 6.07) is 3.37. The lowest BCUT2D eigenvalue weighted by Gasteiger charge is -2.37. The van der Waals surface area contributed by atoms with E-state index in [1.807, 2.05) is 6.07 Å². The predicted octanol–water partition coefficient (Wildman–Crippen LogP) is 2.05. The molecule has 3 heterocycles. The Morgan fingerprint density at radius 1 is 1.45 bits per heavy atom. The molecule has 1 amide bonds. The monoisotopic (exact) mass is 308 g/mol. The topological polar surface area (TPSA) is 63.6 Å². The molecule has 2 aromatic heterocycles. The standard InChI is InChI=1S/C15H18F2N4O/c1-10-4-5-15(16,17)9-21(10)14(22)12-8-20-7-11(6-18)2-3-13(20)19-12/h2-3,7-8,10H,4-6,9,18H2,1H3. The van der Waals surface area contributed by atoms with Crippen LogP contribution >= 0.6 is 0 Å². The van der Waals surface area contributed by atoms with Gasteiger partial charge in [-0.3, -0.25) is 4.79 Å². The first-order valence-electron chi connectivity index (χ1n) is 7.26. The summed E-state index contributed by atoms with van der Waals surface area (Å²) < 4.78 is 28.8. The van der Waals surface area contributed by atoms with Crippen molar-refractivity contribution in [3.8, 4) is 0 Å². The molecular formula is C15H18F2N4O. The van der Waals surface area contributed by atoms with E-state index in [1.165, 1.54) is 4.90 Å². The van der Waals surface area contributed by atoms with Crippen LogP contribution in [0.1, 0.15) is 35.8 Å². The Morgan fingerprint density at radius 3 is 2.95 bits per heavy atom. The van der Waals surface area contributed by atoms with Gasteiger partial charge in [-0.1, -0.05) is 6.07 Å². The molecule has 1 aliphatic heterocycles. The van der Waals surface area contributed by atoms with Crippen molar-refractivity contribution in [1.29, 1.82) is 0 Å². The van der Waals surface area contributed by atoms with Crippen molar-refractivity contribution in [2.75, 3.05) is 6.54 Å². The summed E-state index contributed by atoms with van der Waals surface area (Å²) in [5.74, 6) is -3.28. The van der Waals surface area contributed by atoms with Crippen molar-refractivity contribution in [3.05, 3.63) is 35.8 Å². The van der Waals surface area contributed by atoms with Crippen molar-refractivity contribution in [3.63, 3.8) is 0 Å². The molecule has 22 heavy (non-hydrogen) atoms. The third-order valence-electron chi connectivity index (χ3n) is 4.09. The lowest BCUT2D eigenvalue weighted by Crippen LogP contribution is -2.50. The molecule has 3 rings (SSSR count). The third-order valence-corrected chi connectivity index (χ3v) is 4.09. The Balaban J connectivity index is 1.91. The predicted molar refractivity (Wildman–Crippen MR) is 77.8 cm³/mol. The van der Waals surface area contributed by atoms with Gasteiger partial charge in [-0.05, 0) is 25.0 Å². The van der Waals surface area contributed by atoms with Gasteiger partial charge in [-0.2, -0.15) is 0 Å². The molecular weight excluding hydrogens is 290 g/mol. The molecule has 7 heteroatoms. The van der Waals surface area contributed by atoms with Gasteiger partial charge in [0.05, 0.1) is 6.54 Å². The summed E-state index contributed by atoms with van der Waals surface area (Å²) in [7, 11) is 0. The number of pyridine rings is 1. The van der Waals surface area contributed by atoms with Crippen LogP contribution in [0.4, 0.5) is 8.78 Å². The Morgan fingerprint density at radius 2 is 2.23 bits per heavy atom. The number of halogens is 2. The number of rotatable bonds is 2. The number of piperidine rings is 1. The first-order chi connectivity index (χ1) is 10.4. The normalized spacial score (nSPS) is 21.3. The number of nitrogens with zero attached hydrogens (tertiary/aromatic N) is 3. The second-order valence-electron chi connectivity index (χ2n) is 5.81. The van der Waals surface area contributed by atoms with Gasteiger partial charge < -0.3 is 15.0 Å². The van der Waals surface area contributed by atoms with Gasteiger partial charge in [0.25, 0.3) is 11.8 Å². The van der Waals surface area contributed by atoms with E-state index in [-0.39, 0.29) is 18.2 Å². The van der Waals surface area contributed by atoms with Crippen LogP contribution in [0.25, 0.3) is 5.65 Å². The van der Waals surface area contributed by atoms with Crippen LogP contribution in [0, 0.1) is 0 Å². The van der Waals surface area contributed by atoms with Crippen LogP contribution in [0.2, 0.25) is 0 Å². The molecule has 1 fully saturated rings. The fourth-order valence-corrected chi connectivity index (χ4v) is 2.74. The van der Waals surface area contributed by atoms with E-state index >= 15 is 0 Å². The summed E-state index contributed by atoms with van der Waals surface area (Å²) in [5, 5.41) is 0. The fourth-order valence-electron chi connectivity index (χ4n) is 2.74. The molecule has 0 radical (unpaired) electrons. The average Bonchev–Trinajstić information content (AvgIpc) is 2.91. The molecule has 0 spiro atoms. The van der Waals surface area contributed by atoms with Gasteiger partial charge >= 0.3 is 0 Å². The number of hydrogen-bond acceptors (Lipinski definition) is 3. The number of carbonyl (C=O) groups is 1. The first-order valence-corrected chi connectivity index (χ1v) is 7.26. The molecule has 1 saturated heterocycles. The van der Waals surface area contributed by atoms with E-state index in [2.05, 4.69) is 4.98 Å². The molecule has 118 valence electrons. The van der Waals surface area contributed by atoms with Gasteiger partial charge in [-0.15, -0.1) is 0 Å². The second kappa shape index (κ2) is 5.31. The zero-order valence-corrected chi connectivity index (χ0v) is 12.3. The maximum Gasteiger partial charge on any atom is 0.274 e. The van der Waals surface area contributed by atoms with E-state index in [4.69, 9.17) is 5.73 Å². The lowest BCUT2D eigenvalue weighted by atomic mass is 10.0. The number of likely N-dealkylation sites (tertiary alicyclic amines) is 1. The fraction of sp³-hybridized carbons (Fsp3) is 0.467. The summed E-state index contributed by atoms with van der Waals surface area (Å²) in [6.45, 7) is 1.62. The van der Waals surface area contributed by atoms with Crippen molar-refractivity contribution in [1.82, 2.24) is 14.3 Å². The number of imidazole rings is 1. The van der Waals surface area contributed by atoms with Gasteiger partial charge in [0, 0.05) is 31.4 Å². The minimum Gasteiger partial charge on any atom is -0.329 e. The van der Waals surface area contributed by atoms with E-state index < -0.39 is 18.4 Å². The largest absolute Gasteiger partial charge is 0.329 e. The number of alkyl halides is 2. The van der Waals surface area contributed by atoms with Crippen molar-refractivity contribution >= 4 is 11.6 Å². The van der Waals surface area contributed by atoms with Crippen molar-refractivity contribution in [2.24, 2.45) is 5.73 Å². The SMILES string of the molecule is CC1CCC(F)(F)CN1C(=O)c1cn2cc(CN)ccc2n1. The number of fused-ring (bicyclic) bond motifs is 1. The highest BCUT2D eigenvalue weighted by molar-refractivity contribution is 5.93. The maximum absolute atomic E-state index is 13.6. The Kier molecular flexibility index (Phi) is 3.60. The first kappa shape index (κ1) is 14.9. The molecule has 1 aliphatic rings. The summed E-state index contributed by atoms with van der Waals surface area (Å²) >= 11 is 0. The quantitative estimate of drug-likeness (QED) is 0.923. The van der Waals surface area contributed by atoms with Crippen LogP contribution in [-0.2, 0) is 6.54 Å². The summed E-state index contributed by atoms with van der Waals surface area (Å²) in [4.78, 5) is 18.0. The van der Waals surface area contributed by atoms with Gasteiger partial charge in [0.2, 0.25) is 0 Å². The van der Waals surface area contributed by atoms with E-state index in [9.17, 15) is 13.6 Å². The van der Waals surface area contributed by atoms with Crippen LogP contribution < -0.4 is 5.73 Å². The average molecular weight is 308 g/mol. The lowest BCUT2D eigenvalue weighted by molar-refractivity contribution is -0.0696. The Labute approximate surface area is 126 Å². The van der Waals surface area contributed by atoms with Crippen LogP contribution in [0.15, 0.2) is 24.5 Å². The highest BCUT2D eigenvalue weighted by Crippen LogP contribution is 2.30. The van der Waals surface area contributed by atoms with E-state index in [0.717, 1.165) is 5.56 Å². The van der Waals surface area contributed by atoms with Gasteiger partial charge in [0.1, 0.15) is 11.3 Å². The summed E-state index contributed by atoms with van der Waals surface area (Å²) in [6.07, 6.45) is 3.47. The van der Waals surface area contributed by atoms with Crippen molar-refractivity contribution < 1.29 is 13.6 Å². The Bertz CT molecular complexity index is 713. The molecule has 0 saturated carbocycles. The zero-order valence-electron chi connectivity index (χ0n) is 12.3. The van der Waals surface area contributed by atoms with E-state index in [1.54, 1.807) is 29.8 Å². The molecule has 0 aromatic carbocycles. The Hall–Kier alpha value is -2.02. The molecule has 1 atom stereocenters. The zero-order chi connectivity index (χ0) is 15.9. The number of aromatic nitrogens is 2. The highest BCUT2D eigenvalue weighted by atomic mass is 19.3. The number of nitrogens with two attached hydrogens (primary N) is 1. The highest BCUT2D eigenvalue weighted by Gasteiger charge is 2.41. The molecule has 0 aliphatic carbocycles. The minimum absolute atomic E-state index is 0.178. The maximum atomic E-state index is 13.6. The van der Waals surface area contributed by atoms with Gasteiger partial charge in [0.15, 0.2) is 0 Å². The minimum atomic E-state index is -2.83. The molecule has 2 N–H and O–H groups in total.